The standard InChI is InChI=1S/C22H20ClN5O2S/c23-16-5-1-2-6-18(16)28-21(27-9-3-4-10-27)25-26-22(28)31-13-19(29)14-7-8-17-15(11-14)12-20(30)24-17/h1-2,5-8,11H,3-4,9-10,12-13H2,(H,24,30). The van der Waals surface area contributed by atoms with Gasteiger partial charge in [0.1, 0.15) is 0 Å². The molecule has 5 rings (SSSR count). The van der Waals surface area contributed by atoms with Crippen LogP contribution in [0.1, 0.15) is 28.8 Å². The van der Waals surface area contributed by atoms with Crippen LogP contribution in [0.25, 0.3) is 5.69 Å². The zero-order chi connectivity index (χ0) is 21.4. The molecule has 1 amide bonds. The number of carbonyl (C=O) groups excluding carboxylic acids is 2. The van der Waals surface area contributed by atoms with Gasteiger partial charge in [-0.1, -0.05) is 35.5 Å². The monoisotopic (exact) mass is 453 g/mol. The first-order valence-electron chi connectivity index (χ1n) is 10.1. The number of Topliss-reactive ketones (excluding diaryl/α,β-unsaturated/α-hetero) is 1. The van der Waals surface area contributed by atoms with Crippen molar-refractivity contribution in [3.05, 3.63) is 58.6 Å². The molecule has 2 aromatic carbocycles. The molecule has 0 spiro atoms. The van der Waals surface area contributed by atoms with E-state index in [1.165, 1.54) is 11.8 Å². The second-order valence-corrected chi connectivity index (χ2v) is 8.92. The summed E-state index contributed by atoms with van der Waals surface area (Å²) >= 11 is 7.83. The first-order chi connectivity index (χ1) is 15.1. The SMILES string of the molecule is O=C1Cc2cc(C(=O)CSc3nnc(N4CCCC4)n3-c3ccccc3Cl)ccc2N1. The van der Waals surface area contributed by atoms with E-state index in [1.54, 1.807) is 18.2 Å². The summed E-state index contributed by atoms with van der Waals surface area (Å²) in [7, 11) is 0. The van der Waals surface area contributed by atoms with Crippen molar-refractivity contribution in [1.82, 2.24) is 14.8 Å². The highest BCUT2D eigenvalue weighted by atomic mass is 35.5. The normalized spacial score (nSPS) is 15.3. The summed E-state index contributed by atoms with van der Waals surface area (Å²) < 4.78 is 1.94. The Labute approximate surface area is 188 Å². The van der Waals surface area contributed by atoms with E-state index >= 15 is 0 Å². The average molecular weight is 454 g/mol. The number of rotatable bonds is 6. The number of carbonyl (C=O) groups is 2. The van der Waals surface area contributed by atoms with Crippen molar-refractivity contribution in [3.63, 3.8) is 0 Å². The van der Waals surface area contributed by atoms with Crippen LogP contribution in [-0.2, 0) is 11.2 Å². The number of hydrogen-bond donors (Lipinski definition) is 1. The maximum atomic E-state index is 12.9. The van der Waals surface area contributed by atoms with Gasteiger partial charge in [0.05, 0.1) is 22.9 Å². The Morgan fingerprint density at radius 3 is 2.74 bits per heavy atom. The summed E-state index contributed by atoms with van der Waals surface area (Å²) in [6.45, 7) is 1.85. The van der Waals surface area contributed by atoms with Crippen molar-refractivity contribution in [3.8, 4) is 5.69 Å². The van der Waals surface area contributed by atoms with Crippen molar-refractivity contribution >= 4 is 46.7 Å². The molecule has 1 aromatic heterocycles. The maximum Gasteiger partial charge on any atom is 0.232 e. The quantitative estimate of drug-likeness (QED) is 0.449. The average Bonchev–Trinajstić information content (AvgIpc) is 3.50. The molecule has 1 fully saturated rings. The molecule has 0 unspecified atom stereocenters. The van der Waals surface area contributed by atoms with Gasteiger partial charge in [-0.05, 0) is 48.7 Å². The second-order valence-electron chi connectivity index (χ2n) is 7.57. The molecule has 9 heteroatoms. The fourth-order valence-electron chi connectivity index (χ4n) is 3.94. The molecule has 31 heavy (non-hydrogen) atoms. The van der Waals surface area contributed by atoms with Crippen LogP contribution >= 0.6 is 23.4 Å². The van der Waals surface area contributed by atoms with Crippen LogP contribution in [0.15, 0.2) is 47.6 Å². The highest BCUT2D eigenvalue weighted by molar-refractivity contribution is 7.99. The first-order valence-corrected chi connectivity index (χ1v) is 11.5. The number of ketones is 1. The van der Waals surface area contributed by atoms with Crippen LogP contribution in [0, 0.1) is 0 Å². The highest BCUT2D eigenvalue weighted by Crippen LogP contribution is 2.32. The number of anilines is 2. The number of amides is 1. The lowest BCUT2D eigenvalue weighted by Gasteiger charge is -2.19. The Morgan fingerprint density at radius 1 is 1.13 bits per heavy atom. The molecule has 158 valence electrons. The second kappa shape index (κ2) is 8.36. The predicted octanol–water partition coefficient (Wildman–Crippen LogP) is 3.99. The highest BCUT2D eigenvalue weighted by Gasteiger charge is 2.24. The summed E-state index contributed by atoms with van der Waals surface area (Å²) in [5.74, 6) is 0.894. The van der Waals surface area contributed by atoms with E-state index in [2.05, 4.69) is 20.4 Å². The Hall–Kier alpha value is -2.84. The number of nitrogens with zero attached hydrogens (tertiary/aromatic N) is 4. The third-order valence-corrected chi connectivity index (χ3v) is 6.73. The van der Waals surface area contributed by atoms with Gasteiger partial charge in [0.15, 0.2) is 10.9 Å². The lowest BCUT2D eigenvalue weighted by Crippen LogP contribution is -2.22. The Morgan fingerprint density at radius 2 is 1.94 bits per heavy atom. The molecule has 2 aliphatic rings. The molecule has 0 atom stereocenters. The lowest BCUT2D eigenvalue weighted by molar-refractivity contribution is -0.115. The van der Waals surface area contributed by atoms with Crippen molar-refractivity contribution in [2.45, 2.75) is 24.4 Å². The van der Waals surface area contributed by atoms with Crippen LogP contribution < -0.4 is 10.2 Å². The molecule has 2 aliphatic heterocycles. The minimum absolute atomic E-state index is 0.0245. The van der Waals surface area contributed by atoms with Gasteiger partial charge in [-0.2, -0.15) is 0 Å². The minimum atomic E-state index is -0.0451. The topological polar surface area (TPSA) is 80.1 Å². The molecular formula is C22H20ClN5O2S. The van der Waals surface area contributed by atoms with Gasteiger partial charge in [0, 0.05) is 24.3 Å². The molecule has 3 heterocycles. The fourth-order valence-corrected chi connectivity index (χ4v) is 4.99. The van der Waals surface area contributed by atoms with Gasteiger partial charge in [0.25, 0.3) is 0 Å². The number of para-hydroxylation sites is 1. The van der Waals surface area contributed by atoms with E-state index in [0.717, 1.165) is 48.8 Å². The van der Waals surface area contributed by atoms with E-state index in [-0.39, 0.29) is 17.4 Å². The van der Waals surface area contributed by atoms with E-state index in [9.17, 15) is 9.59 Å². The van der Waals surface area contributed by atoms with Crippen LogP contribution in [0.4, 0.5) is 11.6 Å². The smallest absolute Gasteiger partial charge is 0.232 e. The van der Waals surface area contributed by atoms with Gasteiger partial charge in [-0.3, -0.25) is 14.2 Å². The summed E-state index contributed by atoms with van der Waals surface area (Å²) in [6, 6.07) is 12.9. The van der Waals surface area contributed by atoms with Gasteiger partial charge in [0.2, 0.25) is 11.9 Å². The first kappa shape index (κ1) is 20.1. The van der Waals surface area contributed by atoms with E-state index < -0.39 is 0 Å². The summed E-state index contributed by atoms with van der Waals surface area (Å²) in [5.41, 5.74) is 3.03. The number of aromatic nitrogens is 3. The molecule has 0 radical (unpaired) electrons. The summed E-state index contributed by atoms with van der Waals surface area (Å²) in [4.78, 5) is 26.6. The zero-order valence-corrected chi connectivity index (χ0v) is 18.2. The van der Waals surface area contributed by atoms with Gasteiger partial charge in [-0.15, -0.1) is 10.2 Å². The maximum absolute atomic E-state index is 12.9. The minimum Gasteiger partial charge on any atom is -0.341 e. The van der Waals surface area contributed by atoms with Crippen LogP contribution in [-0.4, -0.2) is 45.3 Å². The molecular weight excluding hydrogens is 434 g/mol. The molecule has 7 nitrogen and oxygen atoms in total. The third kappa shape index (κ3) is 3.93. The van der Waals surface area contributed by atoms with Crippen LogP contribution in [0.2, 0.25) is 5.02 Å². The summed E-state index contributed by atoms with van der Waals surface area (Å²) in [6.07, 6.45) is 2.54. The van der Waals surface area contributed by atoms with E-state index in [0.29, 0.717) is 22.2 Å². The molecule has 3 aromatic rings. The summed E-state index contributed by atoms with van der Waals surface area (Å²) in [5, 5.41) is 12.8. The van der Waals surface area contributed by atoms with Gasteiger partial charge in [-0.25, -0.2) is 0 Å². The zero-order valence-electron chi connectivity index (χ0n) is 16.7. The van der Waals surface area contributed by atoms with E-state index in [4.69, 9.17) is 11.6 Å². The van der Waals surface area contributed by atoms with Crippen molar-refractivity contribution < 1.29 is 9.59 Å². The Bertz CT molecular complexity index is 1170. The van der Waals surface area contributed by atoms with Crippen molar-refractivity contribution in [2.24, 2.45) is 0 Å². The molecule has 0 bridgehead atoms. The number of thioether (sulfide) groups is 1. The number of hydrogen-bond acceptors (Lipinski definition) is 6. The predicted molar refractivity (Wildman–Crippen MR) is 122 cm³/mol. The molecule has 0 aliphatic carbocycles. The number of halogens is 1. The number of fused-ring (bicyclic) bond motifs is 1. The fraction of sp³-hybridized carbons (Fsp3) is 0.273. The number of nitrogens with one attached hydrogen (secondary N) is 1. The largest absolute Gasteiger partial charge is 0.341 e. The molecule has 0 saturated carbocycles. The van der Waals surface area contributed by atoms with Crippen molar-refractivity contribution in [2.75, 3.05) is 29.1 Å². The van der Waals surface area contributed by atoms with Gasteiger partial charge >= 0.3 is 0 Å². The number of benzene rings is 2. The lowest BCUT2D eigenvalue weighted by atomic mass is 10.1. The Kier molecular flexibility index (Phi) is 5.41. The van der Waals surface area contributed by atoms with Gasteiger partial charge < -0.3 is 10.2 Å². The van der Waals surface area contributed by atoms with Crippen LogP contribution in [0.3, 0.4) is 0 Å². The Balaban J connectivity index is 1.41. The van der Waals surface area contributed by atoms with E-state index in [1.807, 2.05) is 28.8 Å². The van der Waals surface area contributed by atoms with Crippen molar-refractivity contribution in [1.29, 1.82) is 0 Å². The van der Waals surface area contributed by atoms with Crippen LogP contribution in [0.5, 0.6) is 0 Å². The molecule has 1 N–H and O–H groups in total. The third-order valence-electron chi connectivity index (χ3n) is 5.48. The molecule has 1 saturated heterocycles.